The number of benzene rings is 2. The molecule has 3 rings (SSSR count). The number of amides is 2. The summed E-state index contributed by atoms with van der Waals surface area (Å²) in [5.74, 6) is -1.12. The predicted octanol–water partition coefficient (Wildman–Crippen LogP) is 4.89. The Morgan fingerprint density at radius 2 is 1.77 bits per heavy atom. The summed E-state index contributed by atoms with van der Waals surface area (Å²) in [5.41, 5.74) is 2.43. The van der Waals surface area contributed by atoms with Gasteiger partial charge in [-0.05, 0) is 48.6 Å². The van der Waals surface area contributed by atoms with Gasteiger partial charge in [0, 0.05) is 12.6 Å². The molecule has 0 aromatic heterocycles. The van der Waals surface area contributed by atoms with Gasteiger partial charge in [-0.2, -0.15) is 0 Å². The topological polar surface area (TPSA) is 49.4 Å². The van der Waals surface area contributed by atoms with Crippen LogP contribution >= 0.6 is 11.6 Å². The Morgan fingerprint density at radius 1 is 1.10 bits per heavy atom. The molecule has 0 aliphatic heterocycles. The Labute approximate surface area is 182 Å². The van der Waals surface area contributed by atoms with Crippen LogP contribution in [0.4, 0.5) is 4.39 Å². The number of rotatable bonds is 7. The monoisotopic (exact) mass is 430 g/mol. The Morgan fingerprint density at radius 3 is 2.40 bits per heavy atom. The van der Waals surface area contributed by atoms with Crippen molar-refractivity contribution < 1.29 is 14.0 Å². The lowest BCUT2D eigenvalue weighted by Gasteiger charge is -2.34. The molecule has 2 aromatic rings. The molecule has 160 valence electrons. The molecule has 0 spiro atoms. The molecule has 6 heteroatoms. The molecule has 2 aromatic carbocycles. The molecule has 1 aliphatic rings. The highest BCUT2D eigenvalue weighted by Crippen LogP contribution is 2.28. The van der Waals surface area contributed by atoms with Crippen molar-refractivity contribution in [2.45, 2.75) is 57.7 Å². The average Bonchev–Trinajstić information content (AvgIpc) is 2.76. The van der Waals surface area contributed by atoms with Crippen molar-refractivity contribution in [3.05, 3.63) is 71.0 Å². The van der Waals surface area contributed by atoms with Crippen LogP contribution < -0.4 is 5.32 Å². The summed E-state index contributed by atoms with van der Waals surface area (Å²) in [6, 6.07) is 12.8. The van der Waals surface area contributed by atoms with Gasteiger partial charge < -0.3 is 10.2 Å². The van der Waals surface area contributed by atoms with Gasteiger partial charge in [-0.1, -0.05) is 55.7 Å². The Balaban J connectivity index is 1.95. The van der Waals surface area contributed by atoms with Crippen LogP contribution in [0.2, 0.25) is 0 Å². The molecule has 0 saturated heterocycles. The Kier molecular flexibility index (Phi) is 7.86. The largest absolute Gasteiger partial charge is 0.351 e. The minimum Gasteiger partial charge on any atom is -0.351 e. The number of nitrogens with zero attached hydrogens (tertiary/aromatic N) is 1. The molecular weight excluding hydrogens is 403 g/mol. The fraction of sp³-hybridized carbons (Fsp3) is 0.417. The van der Waals surface area contributed by atoms with E-state index in [0.29, 0.717) is 0 Å². The van der Waals surface area contributed by atoms with Gasteiger partial charge in [-0.15, -0.1) is 11.6 Å². The fourth-order valence-electron chi connectivity index (χ4n) is 4.06. The lowest BCUT2D eigenvalue weighted by Crippen LogP contribution is -2.47. The summed E-state index contributed by atoms with van der Waals surface area (Å²) in [5, 5.41) is 3.16. The number of aryl methyl sites for hydroxylation is 1. The standard InChI is InChI=1S/C24H28ClFN2O2/c1-17-7-5-6-10-21(17)23(24(30)27-20-8-3-2-4-9-20)28(22(29)15-25)16-18-11-13-19(26)14-12-18/h5-7,10-14,20,23H,2-4,8-9,15-16H2,1H3,(H,27,30)/t23-/m1/s1. The molecule has 1 N–H and O–H groups in total. The van der Waals surface area contributed by atoms with Crippen LogP contribution in [0.1, 0.15) is 54.8 Å². The smallest absolute Gasteiger partial charge is 0.247 e. The van der Waals surface area contributed by atoms with Gasteiger partial charge in [0.15, 0.2) is 0 Å². The average molecular weight is 431 g/mol. The van der Waals surface area contributed by atoms with Crippen LogP contribution in [0.5, 0.6) is 0 Å². The summed E-state index contributed by atoms with van der Waals surface area (Å²) in [4.78, 5) is 27.8. The van der Waals surface area contributed by atoms with Gasteiger partial charge >= 0.3 is 0 Å². The van der Waals surface area contributed by atoms with E-state index in [1.165, 1.54) is 23.5 Å². The Hall–Kier alpha value is -2.40. The highest BCUT2D eigenvalue weighted by molar-refractivity contribution is 6.27. The van der Waals surface area contributed by atoms with Crippen molar-refractivity contribution in [3.63, 3.8) is 0 Å². The lowest BCUT2D eigenvalue weighted by molar-refractivity contribution is -0.140. The summed E-state index contributed by atoms with van der Waals surface area (Å²) < 4.78 is 13.3. The van der Waals surface area contributed by atoms with Gasteiger partial charge in [0.1, 0.15) is 17.7 Å². The fourth-order valence-corrected chi connectivity index (χ4v) is 4.21. The van der Waals surface area contributed by atoms with E-state index in [0.717, 1.165) is 42.4 Å². The molecule has 4 nitrogen and oxygen atoms in total. The SMILES string of the molecule is Cc1ccccc1[C@H](C(=O)NC1CCCCC1)N(Cc1ccc(F)cc1)C(=O)CCl. The van der Waals surface area contributed by atoms with Gasteiger partial charge in [0.25, 0.3) is 0 Å². The first-order chi connectivity index (χ1) is 14.5. The molecule has 1 saturated carbocycles. The molecule has 2 amide bonds. The number of hydrogen-bond donors (Lipinski definition) is 1. The first kappa shape index (κ1) is 22.3. The van der Waals surface area contributed by atoms with Gasteiger partial charge in [0.05, 0.1) is 0 Å². The Bertz CT molecular complexity index is 866. The van der Waals surface area contributed by atoms with E-state index in [-0.39, 0.29) is 36.1 Å². The van der Waals surface area contributed by atoms with Gasteiger partial charge in [-0.25, -0.2) is 4.39 Å². The van der Waals surface area contributed by atoms with Crippen LogP contribution in [0.3, 0.4) is 0 Å². The second-order valence-electron chi connectivity index (χ2n) is 7.88. The summed E-state index contributed by atoms with van der Waals surface area (Å²) in [6.45, 7) is 2.10. The first-order valence-electron chi connectivity index (χ1n) is 10.5. The van der Waals surface area contributed by atoms with Crippen molar-refractivity contribution in [2.24, 2.45) is 0 Å². The maximum Gasteiger partial charge on any atom is 0.247 e. The van der Waals surface area contributed by atoms with Gasteiger partial charge in [0.2, 0.25) is 11.8 Å². The lowest BCUT2D eigenvalue weighted by atomic mass is 9.94. The molecule has 1 aliphatic carbocycles. The van der Waals surface area contributed by atoms with Crippen LogP contribution in [0.25, 0.3) is 0 Å². The molecule has 0 unspecified atom stereocenters. The quantitative estimate of drug-likeness (QED) is 0.635. The van der Waals surface area contributed by atoms with Crippen molar-refractivity contribution in [1.82, 2.24) is 10.2 Å². The summed E-state index contributed by atoms with van der Waals surface area (Å²) >= 11 is 5.92. The van der Waals surface area contributed by atoms with Crippen molar-refractivity contribution >= 4 is 23.4 Å². The van der Waals surface area contributed by atoms with Crippen LogP contribution in [0, 0.1) is 12.7 Å². The van der Waals surface area contributed by atoms with E-state index in [1.807, 2.05) is 31.2 Å². The summed E-state index contributed by atoms with van der Waals surface area (Å²) in [6.07, 6.45) is 5.29. The molecule has 0 radical (unpaired) electrons. The second-order valence-corrected chi connectivity index (χ2v) is 8.15. The third-order valence-electron chi connectivity index (χ3n) is 5.70. The molecule has 30 heavy (non-hydrogen) atoms. The zero-order valence-corrected chi connectivity index (χ0v) is 18.0. The molecule has 1 fully saturated rings. The second kappa shape index (κ2) is 10.6. The molecule has 0 bridgehead atoms. The number of hydrogen-bond acceptors (Lipinski definition) is 2. The minimum absolute atomic E-state index is 0.122. The number of halogens is 2. The highest BCUT2D eigenvalue weighted by atomic mass is 35.5. The van der Waals surface area contributed by atoms with Gasteiger partial charge in [-0.3, -0.25) is 9.59 Å². The number of carbonyl (C=O) groups is 2. The first-order valence-corrected chi connectivity index (χ1v) is 11.0. The number of alkyl halides is 1. The predicted molar refractivity (Wildman–Crippen MR) is 117 cm³/mol. The third kappa shape index (κ3) is 5.60. The van der Waals surface area contributed by atoms with E-state index in [2.05, 4.69) is 5.32 Å². The highest BCUT2D eigenvalue weighted by Gasteiger charge is 2.33. The third-order valence-corrected chi connectivity index (χ3v) is 5.92. The number of carbonyl (C=O) groups excluding carboxylic acids is 2. The maximum atomic E-state index is 13.5. The minimum atomic E-state index is -0.801. The van der Waals surface area contributed by atoms with E-state index in [9.17, 15) is 14.0 Å². The zero-order chi connectivity index (χ0) is 21.5. The molecular formula is C24H28ClFN2O2. The van der Waals surface area contributed by atoms with E-state index < -0.39 is 6.04 Å². The molecule has 1 atom stereocenters. The summed E-state index contributed by atoms with van der Waals surface area (Å²) in [7, 11) is 0. The van der Waals surface area contributed by atoms with Crippen LogP contribution in [-0.4, -0.2) is 28.6 Å². The maximum absolute atomic E-state index is 13.5. The van der Waals surface area contributed by atoms with E-state index >= 15 is 0 Å². The van der Waals surface area contributed by atoms with Crippen molar-refractivity contribution in [2.75, 3.05) is 5.88 Å². The zero-order valence-electron chi connectivity index (χ0n) is 17.2. The number of nitrogens with one attached hydrogen (secondary N) is 1. The van der Waals surface area contributed by atoms with Crippen LogP contribution in [0.15, 0.2) is 48.5 Å². The van der Waals surface area contributed by atoms with E-state index in [1.54, 1.807) is 12.1 Å². The van der Waals surface area contributed by atoms with Crippen molar-refractivity contribution in [3.8, 4) is 0 Å². The normalized spacial score (nSPS) is 15.4. The molecule has 0 heterocycles. The van der Waals surface area contributed by atoms with Crippen LogP contribution in [-0.2, 0) is 16.1 Å². The van der Waals surface area contributed by atoms with Crippen molar-refractivity contribution in [1.29, 1.82) is 0 Å². The van der Waals surface area contributed by atoms with E-state index in [4.69, 9.17) is 11.6 Å².